The molecule has 0 spiro atoms. The lowest BCUT2D eigenvalue weighted by Gasteiger charge is -2.36. The third-order valence-electron chi connectivity index (χ3n) is 5.64. The van der Waals surface area contributed by atoms with Gasteiger partial charge in [-0.25, -0.2) is 0 Å². The van der Waals surface area contributed by atoms with Crippen molar-refractivity contribution in [1.29, 1.82) is 0 Å². The van der Waals surface area contributed by atoms with Gasteiger partial charge in [-0.05, 0) is 42.3 Å². The normalized spacial score (nSPS) is 13.9. The Morgan fingerprint density at radius 1 is 1.09 bits per heavy atom. The van der Waals surface area contributed by atoms with Crippen LogP contribution < -0.4 is 5.32 Å². The van der Waals surface area contributed by atoms with Gasteiger partial charge in [0.05, 0.1) is 6.10 Å². The van der Waals surface area contributed by atoms with Crippen LogP contribution in [0.5, 0.6) is 0 Å². The minimum atomic E-state index is -4.63. The highest BCUT2D eigenvalue weighted by Gasteiger charge is 2.33. The second kappa shape index (κ2) is 9.67. The van der Waals surface area contributed by atoms with Crippen molar-refractivity contribution >= 4 is 23.4 Å². The van der Waals surface area contributed by atoms with Crippen molar-refractivity contribution in [1.82, 2.24) is 15.2 Å². The van der Waals surface area contributed by atoms with Gasteiger partial charge in [-0.2, -0.15) is 13.2 Å². The van der Waals surface area contributed by atoms with Crippen LogP contribution in [0.1, 0.15) is 37.5 Å². The number of β-amino-alcohol motifs (C(OH)–C–C–N with tert-alkyl or cyclic N) is 1. The Hall–Kier alpha value is -3.43. The van der Waals surface area contributed by atoms with Crippen LogP contribution >= 0.6 is 11.6 Å². The van der Waals surface area contributed by atoms with Crippen LogP contribution in [0.2, 0.25) is 5.02 Å². The van der Waals surface area contributed by atoms with Crippen LogP contribution in [0.3, 0.4) is 0 Å². The van der Waals surface area contributed by atoms with Crippen LogP contribution in [0.25, 0.3) is 11.1 Å². The highest BCUT2D eigenvalue weighted by Crippen LogP contribution is 2.30. The smallest absolute Gasteiger partial charge is 0.389 e. The van der Waals surface area contributed by atoms with Crippen molar-refractivity contribution in [2.24, 2.45) is 0 Å². The lowest BCUT2D eigenvalue weighted by molar-refractivity contribution is -0.141. The average molecular weight is 504 g/mol. The maximum atomic E-state index is 13.0. The van der Waals surface area contributed by atoms with Gasteiger partial charge in [0.25, 0.3) is 11.8 Å². The molecule has 0 bridgehead atoms. The number of aromatic nitrogens is 1. The summed E-state index contributed by atoms with van der Waals surface area (Å²) in [6.45, 7) is 2.22. The number of nitrogens with one attached hydrogen (secondary N) is 1. The fraction of sp³-hybridized carbons (Fsp3) is 0.240. The second-order valence-corrected chi connectivity index (χ2v) is 8.78. The van der Waals surface area contributed by atoms with E-state index in [9.17, 15) is 27.9 Å². The average Bonchev–Trinajstić information content (AvgIpc) is 2.80. The van der Waals surface area contributed by atoms with E-state index in [-0.39, 0.29) is 47.3 Å². The Bertz CT molecular complexity index is 1270. The first-order chi connectivity index (χ1) is 16.5. The zero-order valence-corrected chi connectivity index (χ0v) is 19.3. The number of alkyl halides is 3. The molecular weight excluding hydrogens is 483 g/mol. The Morgan fingerprint density at radius 3 is 2.34 bits per heavy atom. The molecule has 3 aromatic rings. The molecule has 1 saturated heterocycles. The zero-order chi connectivity index (χ0) is 25.3. The number of aliphatic hydroxyl groups excluding tert-OH is 1. The molecule has 0 unspecified atom stereocenters. The van der Waals surface area contributed by atoms with Gasteiger partial charge in [-0.1, -0.05) is 41.4 Å². The number of likely N-dealkylation sites (tertiary alicyclic amines) is 1. The minimum Gasteiger partial charge on any atom is -0.389 e. The van der Waals surface area contributed by atoms with Crippen molar-refractivity contribution in [2.75, 3.05) is 13.1 Å². The fourth-order valence-corrected chi connectivity index (χ4v) is 3.84. The monoisotopic (exact) mass is 503 g/mol. The molecule has 1 aromatic heterocycles. The van der Waals surface area contributed by atoms with Crippen molar-refractivity contribution in [3.05, 3.63) is 87.7 Å². The Morgan fingerprint density at radius 2 is 1.74 bits per heavy atom. The number of hydrogen-bond acceptors (Lipinski definition) is 4. The Labute approximate surface area is 204 Å². The number of hydrogen-bond donors (Lipinski definition) is 2. The van der Waals surface area contributed by atoms with Gasteiger partial charge in [-0.15, -0.1) is 0 Å². The number of rotatable bonds is 5. The molecule has 1 aliphatic heterocycles. The molecule has 1 fully saturated rings. The number of benzene rings is 2. The topological polar surface area (TPSA) is 82.5 Å². The summed E-state index contributed by atoms with van der Waals surface area (Å²) in [6.07, 6.45) is -4.22. The van der Waals surface area contributed by atoms with Gasteiger partial charge in [-0.3, -0.25) is 14.6 Å². The predicted molar refractivity (Wildman–Crippen MR) is 124 cm³/mol. The number of carbonyl (C=O) groups excluding carboxylic acids is 2. The first-order valence-electron chi connectivity index (χ1n) is 10.7. The second-order valence-electron chi connectivity index (χ2n) is 8.37. The van der Waals surface area contributed by atoms with Gasteiger partial charge in [0, 0.05) is 47.5 Å². The molecule has 0 radical (unpaired) electrons. The molecule has 0 atom stereocenters. The van der Waals surface area contributed by atoms with E-state index in [0.29, 0.717) is 11.6 Å². The van der Waals surface area contributed by atoms with Gasteiger partial charge in [0.1, 0.15) is 5.69 Å². The van der Waals surface area contributed by atoms with Gasteiger partial charge in [0.15, 0.2) is 0 Å². The van der Waals surface area contributed by atoms with E-state index in [1.54, 1.807) is 12.1 Å². The minimum absolute atomic E-state index is 0.154. The number of aliphatic hydroxyl groups is 1. The molecule has 0 saturated carbocycles. The molecule has 2 amide bonds. The number of aryl methyl sites for hydroxylation is 1. The first-order valence-corrected chi connectivity index (χ1v) is 11.1. The largest absolute Gasteiger partial charge is 0.433 e. The molecule has 1 aliphatic rings. The van der Waals surface area contributed by atoms with E-state index >= 15 is 0 Å². The molecule has 4 rings (SSSR count). The van der Waals surface area contributed by atoms with Crippen LogP contribution in [0.15, 0.2) is 54.7 Å². The van der Waals surface area contributed by atoms with Crippen molar-refractivity contribution in [3.63, 3.8) is 0 Å². The third-order valence-corrected chi connectivity index (χ3v) is 5.99. The molecule has 2 heterocycles. The van der Waals surface area contributed by atoms with Gasteiger partial charge >= 0.3 is 6.18 Å². The molecular formula is C25H21ClF3N3O3. The highest BCUT2D eigenvalue weighted by atomic mass is 35.5. The van der Waals surface area contributed by atoms with Crippen molar-refractivity contribution in [2.45, 2.75) is 25.7 Å². The first kappa shape index (κ1) is 24.7. The summed E-state index contributed by atoms with van der Waals surface area (Å²) in [4.78, 5) is 30.7. The Kier molecular flexibility index (Phi) is 6.82. The number of pyridine rings is 1. The SMILES string of the molecule is Cc1ccc(-c2cc(C(=O)NCc3cnc(C(F)(F)F)cc3Cl)cc(C(=O)N3CC(O)C3)c2)cc1. The van der Waals surface area contributed by atoms with Crippen molar-refractivity contribution < 1.29 is 27.9 Å². The summed E-state index contributed by atoms with van der Waals surface area (Å²) in [5, 5.41) is 12.0. The molecule has 2 aromatic carbocycles. The number of amides is 2. The lowest BCUT2D eigenvalue weighted by Crippen LogP contribution is -2.53. The molecule has 2 N–H and O–H groups in total. The van der Waals surface area contributed by atoms with Crippen LogP contribution in [-0.4, -0.2) is 46.0 Å². The standard InChI is InChI=1S/C25H21ClF3N3O3/c1-14-2-4-15(5-3-14)16-6-17(8-18(7-16)24(35)32-12-20(33)13-32)23(34)31-11-19-10-30-22(9-21(19)26)25(27,28)29/h2-10,20,33H,11-13H2,1H3,(H,31,34). The fourth-order valence-electron chi connectivity index (χ4n) is 3.62. The van der Waals surface area contributed by atoms with E-state index in [0.717, 1.165) is 17.3 Å². The summed E-state index contributed by atoms with van der Waals surface area (Å²) in [5.41, 5.74) is 2.08. The van der Waals surface area contributed by atoms with Crippen LogP contribution in [0, 0.1) is 6.92 Å². The molecule has 6 nitrogen and oxygen atoms in total. The summed E-state index contributed by atoms with van der Waals surface area (Å²) in [6, 6.07) is 13.1. The molecule has 0 aliphatic carbocycles. The molecule has 10 heteroatoms. The summed E-state index contributed by atoms with van der Waals surface area (Å²) >= 11 is 5.96. The van der Waals surface area contributed by atoms with Gasteiger partial charge < -0.3 is 15.3 Å². The maximum Gasteiger partial charge on any atom is 0.433 e. The van der Waals surface area contributed by atoms with E-state index in [4.69, 9.17) is 11.6 Å². The maximum absolute atomic E-state index is 13.0. The van der Waals surface area contributed by atoms with E-state index in [1.807, 2.05) is 31.2 Å². The third kappa shape index (κ3) is 5.63. The number of nitrogens with zero attached hydrogens (tertiary/aromatic N) is 2. The lowest BCUT2D eigenvalue weighted by atomic mass is 9.97. The predicted octanol–water partition coefficient (Wildman–Crippen LogP) is 4.48. The summed E-state index contributed by atoms with van der Waals surface area (Å²) in [5.74, 6) is -0.846. The summed E-state index contributed by atoms with van der Waals surface area (Å²) in [7, 11) is 0. The highest BCUT2D eigenvalue weighted by molar-refractivity contribution is 6.31. The number of carbonyl (C=O) groups is 2. The zero-order valence-electron chi connectivity index (χ0n) is 18.6. The molecule has 182 valence electrons. The van der Waals surface area contributed by atoms with E-state index in [2.05, 4.69) is 10.3 Å². The van der Waals surface area contributed by atoms with Crippen molar-refractivity contribution in [3.8, 4) is 11.1 Å². The summed E-state index contributed by atoms with van der Waals surface area (Å²) < 4.78 is 38.4. The van der Waals surface area contributed by atoms with E-state index in [1.165, 1.54) is 11.0 Å². The number of halogens is 4. The van der Waals surface area contributed by atoms with Gasteiger partial charge in [0.2, 0.25) is 0 Å². The van der Waals surface area contributed by atoms with Crippen LogP contribution in [0.4, 0.5) is 13.2 Å². The van der Waals surface area contributed by atoms with E-state index < -0.39 is 23.9 Å². The quantitative estimate of drug-likeness (QED) is 0.538. The molecule has 35 heavy (non-hydrogen) atoms. The Balaban J connectivity index is 1.59. The van der Waals surface area contributed by atoms with Crippen LogP contribution in [-0.2, 0) is 12.7 Å².